The van der Waals surface area contributed by atoms with Gasteiger partial charge in [0.05, 0.1) is 3.79 Å². The highest BCUT2D eigenvalue weighted by Gasteiger charge is 2.07. The number of carbonyl (C=O) groups excluding carboxylic acids is 2. The summed E-state index contributed by atoms with van der Waals surface area (Å²) in [4.78, 5) is 27.7. The molecule has 0 bridgehead atoms. The highest BCUT2D eigenvalue weighted by molar-refractivity contribution is 9.11. The van der Waals surface area contributed by atoms with Gasteiger partial charge in [0, 0.05) is 23.3 Å². The number of ketones is 1. The van der Waals surface area contributed by atoms with Crippen LogP contribution in [0.25, 0.3) is 6.08 Å². The molecule has 0 saturated heterocycles. The number of thiazole rings is 1. The molecule has 0 saturated carbocycles. The Bertz CT molecular complexity index is 646. The molecule has 7 heteroatoms. The van der Waals surface area contributed by atoms with Crippen LogP contribution in [-0.4, -0.2) is 16.7 Å². The number of nitrogens with zero attached hydrogens (tertiary/aromatic N) is 1. The van der Waals surface area contributed by atoms with Crippen LogP contribution in [0.2, 0.25) is 0 Å². The SMILES string of the molecule is CC(=O)c1csc(NC(=O)/C=C\c2ccc(Br)s2)n1. The van der Waals surface area contributed by atoms with Crippen molar-refractivity contribution in [2.45, 2.75) is 6.92 Å². The van der Waals surface area contributed by atoms with E-state index in [-0.39, 0.29) is 11.7 Å². The van der Waals surface area contributed by atoms with Gasteiger partial charge in [-0.1, -0.05) is 0 Å². The number of carbonyl (C=O) groups is 2. The van der Waals surface area contributed by atoms with Gasteiger partial charge >= 0.3 is 0 Å². The van der Waals surface area contributed by atoms with Crippen molar-refractivity contribution in [1.29, 1.82) is 0 Å². The van der Waals surface area contributed by atoms with Gasteiger partial charge in [0.15, 0.2) is 10.9 Å². The van der Waals surface area contributed by atoms with E-state index in [0.717, 1.165) is 8.66 Å². The third-order valence-electron chi connectivity index (χ3n) is 2.09. The largest absolute Gasteiger partial charge is 0.298 e. The molecule has 1 amide bonds. The molecule has 2 aromatic heterocycles. The number of rotatable bonds is 4. The fourth-order valence-electron chi connectivity index (χ4n) is 1.22. The molecule has 0 spiro atoms. The summed E-state index contributed by atoms with van der Waals surface area (Å²) in [7, 11) is 0. The number of anilines is 1. The molecule has 0 aliphatic heterocycles. The molecule has 0 aromatic carbocycles. The minimum absolute atomic E-state index is 0.115. The van der Waals surface area contributed by atoms with Crippen LogP contribution >= 0.6 is 38.6 Å². The number of Topliss-reactive ketones (excluding diaryl/α,β-unsaturated/α-hetero) is 1. The molecule has 2 rings (SSSR count). The summed E-state index contributed by atoms with van der Waals surface area (Å²) < 4.78 is 1.01. The Morgan fingerprint density at radius 3 is 2.79 bits per heavy atom. The monoisotopic (exact) mass is 356 g/mol. The summed E-state index contributed by atoms with van der Waals surface area (Å²) in [5, 5.41) is 4.66. The lowest BCUT2D eigenvalue weighted by atomic mass is 10.4. The zero-order chi connectivity index (χ0) is 13.8. The number of amides is 1. The van der Waals surface area contributed by atoms with Gasteiger partial charge in [-0.25, -0.2) is 4.98 Å². The van der Waals surface area contributed by atoms with E-state index in [4.69, 9.17) is 0 Å². The van der Waals surface area contributed by atoms with Gasteiger partial charge in [-0.3, -0.25) is 14.9 Å². The summed E-state index contributed by atoms with van der Waals surface area (Å²) in [5.41, 5.74) is 0.367. The molecule has 1 N–H and O–H groups in total. The van der Waals surface area contributed by atoms with Crippen molar-refractivity contribution in [3.63, 3.8) is 0 Å². The Morgan fingerprint density at radius 1 is 1.42 bits per heavy atom. The third-order valence-corrected chi connectivity index (χ3v) is 4.43. The lowest BCUT2D eigenvalue weighted by Crippen LogP contribution is -2.07. The molecule has 2 heterocycles. The molecule has 0 aliphatic rings. The van der Waals surface area contributed by atoms with E-state index < -0.39 is 0 Å². The fraction of sp³-hybridized carbons (Fsp3) is 0.0833. The Hall–Kier alpha value is -1.31. The lowest BCUT2D eigenvalue weighted by molar-refractivity contribution is -0.111. The average molecular weight is 357 g/mol. The van der Waals surface area contributed by atoms with Gasteiger partial charge in [0.1, 0.15) is 5.69 Å². The predicted molar refractivity (Wildman–Crippen MR) is 81.8 cm³/mol. The van der Waals surface area contributed by atoms with Crippen molar-refractivity contribution in [2.24, 2.45) is 0 Å². The summed E-state index contributed by atoms with van der Waals surface area (Å²) in [6.07, 6.45) is 3.16. The van der Waals surface area contributed by atoms with Gasteiger partial charge in [-0.2, -0.15) is 0 Å². The first-order valence-electron chi connectivity index (χ1n) is 5.25. The van der Waals surface area contributed by atoms with Gasteiger partial charge in [0.2, 0.25) is 5.91 Å². The molecule has 4 nitrogen and oxygen atoms in total. The van der Waals surface area contributed by atoms with Crippen molar-refractivity contribution >= 4 is 61.5 Å². The first-order valence-corrected chi connectivity index (χ1v) is 7.74. The Labute approximate surface area is 126 Å². The van der Waals surface area contributed by atoms with Crippen LogP contribution in [0.15, 0.2) is 27.4 Å². The van der Waals surface area contributed by atoms with Crippen molar-refractivity contribution in [3.8, 4) is 0 Å². The van der Waals surface area contributed by atoms with Crippen LogP contribution in [0.5, 0.6) is 0 Å². The summed E-state index contributed by atoms with van der Waals surface area (Å²) >= 11 is 6.12. The van der Waals surface area contributed by atoms with E-state index in [2.05, 4.69) is 26.2 Å². The molecular formula is C12H9BrN2O2S2. The van der Waals surface area contributed by atoms with Crippen LogP contribution in [-0.2, 0) is 4.79 Å². The molecule has 19 heavy (non-hydrogen) atoms. The molecule has 0 aliphatic carbocycles. The first kappa shape index (κ1) is 14.1. The van der Waals surface area contributed by atoms with E-state index >= 15 is 0 Å². The standard InChI is InChI=1S/C12H9BrN2O2S2/c1-7(16)9-6-18-12(14-9)15-11(17)5-3-8-2-4-10(13)19-8/h2-6H,1H3,(H,14,15,17)/b5-3-. The van der Waals surface area contributed by atoms with E-state index in [0.29, 0.717) is 10.8 Å². The van der Waals surface area contributed by atoms with Crippen LogP contribution in [0.4, 0.5) is 5.13 Å². The van der Waals surface area contributed by atoms with Crippen LogP contribution in [0.3, 0.4) is 0 Å². The second kappa shape index (κ2) is 6.23. The maximum absolute atomic E-state index is 11.6. The number of hydrogen-bond donors (Lipinski definition) is 1. The minimum Gasteiger partial charge on any atom is -0.298 e. The molecule has 0 unspecified atom stereocenters. The summed E-state index contributed by atoms with van der Waals surface area (Å²) in [6.45, 7) is 1.44. The second-order valence-electron chi connectivity index (χ2n) is 3.56. The number of hydrogen-bond acceptors (Lipinski definition) is 5. The van der Waals surface area contributed by atoms with E-state index in [1.165, 1.54) is 35.7 Å². The van der Waals surface area contributed by atoms with Crippen LogP contribution in [0, 0.1) is 0 Å². The second-order valence-corrected chi connectivity index (χ2v) is 6.91. The molecule has 0 radical (unpaired) electrons. The van der Waals surface area contributed by atoms with E-state index in [9.17, 15) is 9.59 Å². The van der Waals surface area contributed by atoms with Crippen LogP contribution in [0.1, 0.15) is 22.3 Å². The Kier molecular flexibility index (Phi) is 4.62. The molecule has 2 aromatic rings. The van der Waals surface area contributed by atoms with Crippen LogP contribution < -0.4 is 5.32 Å². The highest BCUT2D eigenvalue weighted by Crippen LogP contribution is 2.23. The predicted octanol–water partition coefficient (Wildman–Crippen LogP) is 3.82. The Balaban J connectivity index is 1.97. The zero-order valence-electron chi connectivity index (χ0n) is 9.84. The van der Waals surface area contributed by atoms with Gasteiger partial charge < -0.3 is 0 Å². The number of nitrogens with one attached hydrogen (secondary N) is 1. The molecule has 0 atom stereocenters. The highest BCUT2D eigenvalue weighted by atomic mass is 79.9. The molecule has 0 fully saturated rings. The lowest BCUT2D eigenvalue weighted by Gasteiger charge is -1.94. The zero-order valence-corrected chi connectivity index (χ0v) is 13.1. The number of halogens is 1. The normalized spacial score (nSPS) is 10.8. The minimum atomic E-state index is -0.269. The van der Waals surface area contributed by atoms with Crippen molar-refractivity contribution in [3.05, 3.63) is 37.9 Å². The summed E-state index contributed by atoms with van der Waals surface area (Å²) in [5.74, 6) is -0.385. The average Bonchev–Trinajstić information content (AvgIpc) is 2.96. The van der Waals surface area contributed by atoms with Gasteiger partial charge in [-0.15, -0.1) is 22.7 Å². The fourth-order valence-corrected chi connectivity index (χ4v) is 3.29. The molecule has 98 valence electrons. The van der Waals surface area contributed by atoms with E-state index in [1.807, 2.05) is 12.1 Å². The van der Waals surface area contributed by atoms with E-state index in [1.54, 1.807) is 11.5 Å². The number of aromatic nitrogens is 1. The quantitative estimate of drug-likeness (QED) is 0.669. The van der Waals surface area contributed by atoms with Gasteiger partial charge in [0.25, 0.3) is 0 Å². The van der Waals surface area contributed by atoms with Crippen molar-refractivity contribution in [2.75, 3.05) is 5.32 Å². The number of thiophene rings is 1. The van der Waals surface area contributed by atoms with Crippen molar-refractivity contribution in [1.82, 2.24) is 4.98 Å². The molecular weight excluding hydrogens is 348 g/mol. The van der Waals surface area contributed by atoms with Crippen molar-refractivity contribution < 1.29 is 9.59 Å². The topological polar surface area (TPSA) is 59.1 Å². The summed E-state index contributed by atoms with van der Waals surface area (Å²) in [6, 6.07) is 3.83. The first-order chi connectivity index (χ1) is 9.04. The Morgan fingerprint density at radius 2 is 2.21 bits per heavy atom. The maximum atomic E-state index is 11.6. The maximum Gasteiger partial charge on any atom is 0.250 e. The van der Waals surface area contributed by atoms with Gasteiger partial charge in [-0.05, 0) is 34.1 Å². The third kappa shape index (κ3) is 4.09. The smallest absolute Gasteiger partial charge is 0.250 e.